The minimum absolute atomic E-state index is 0.0219. The van der Waals surface area contributed by atoms with Gasteiger partial charge in [-0.1, -0.05) is 0 Å². The summed E-state index contributed by atoms with van der Waals surface area (Å²) in [5, 5.41) is 11.7. The molecule has 1 atom stereocenters. The molecule has 136 valence electrons. The van der Waals surface area contributed by atoms with Crippen molar-refractivity contribution in [3.8, 4) is 0 Å². The number of aromatic nitrogens is 2. The zero-order chi connectivity index (χ0) is 18.1. The molecule has 2 fully saturated rings. The molecule has 2 aliphatic rings. The Morgan fingerprint density at radius 2 is 2.12 bits per heavy atom. The van der Waals surface area contributed by atoms with Crippen LogP contribution in [0.25, 0.3) is 0 Å². The van der Waals surface area contributed by atoms with Crippen LogP contribution in [0.15, 0.2) is 35.3 Å². The van der Waals surface area contributed by atoms with Crippen LogP contribution in [0.5, 0.6) is 0 Å². The van der Waals surface area contributed by atoms with Crippen LogP contribution in [0.3, 0.4) is 0 Å². The second-order valence-corrected chi connectivity index (χ2v) is 8.06. The molecule has 0 N–H and O–H groups in total. The first-order valence-corrected chi connectivity index (χ1v) is 9.88. The van der Waals surface area contributed by atoms with E-state index in [1.165, 1.54) is 11.8 Å². The molecule has 7 heteroatoms. The summed E-state index contributed by atoms with van der Waals surface area (Å²) in [5.41, 5.74) is 1.98. The molecule has 0 unspecified atom stereocenters. The van der Waals surface area contributed by atoms with E-state index in [9.17, 15) is 9.59 Å². The van der Waals surface area contributed by atoms with E-state index in [2.05, 4.69) is 21.6 Å². The largest absolute Gasteiger partial charge is 0.339 e. The molecule has 1 saturated heterocycles. The Morgan fingerprint density at radius 3 is 2.73 bits per heavy atom. The van der Waals surface area contributed by atoms with Crippen molar-refractivity contribution in [2.24, 2.45) is 5.41 Å². The van der Waals surface area contributed by atoms with E-state index in [0.717, 1.165) is 32.4 Å². The molecule has 2 aromatic heterocycles. The summed E-state index contributed by atoms with van der Waals surface area (Å²) >= 11 is 1.66. The number of hydrogen-bond donors (Lipinski definition) is 0. The van der Waals surface area contributed by atoms with Gasteiger partial charge in [-0.05, 0) is 53.1 Å². The monoisotopic (exact) mass is 370 g/mol. The molecule has 0 bridgehead atoms. The van der Waals surface area contributed by atoms with Crippen LogP contribution in [-0.2, 0) is 11.3 Å². The van der Waals surface area contributed by atoms with E-state index in [1.807, 2.05) is 15.2 Å². The van der Waals surface area contributed by atoms with E-state index in [-0.39, 0.29) is 17.2 Å². The molecule has 2 aromatic rings. The van der Waals surface area contributed by atoms with E-state index in [4.69, 9.17) is 0 Å². The van der Waals surface area contributed by atoms with Gasteiger partial charge in [-0.25, -0.2) is 0 Å². The highest BCUT2D eigenvalue weighted by Gasteiger charge is 2.58. The third-order valence-electron chi connectivity index (χ3n) is 5.74. The van der Waals surface area contributed by atoms with Crippen molar-refractivity contribution in [2.75, 3.05) is 13.1 Å². The molecular weight excluding hydrogens is 348 g/mol. The molecule has 1 spiro atoms. The average Bonchev–Trinajstić information content (AvgIpc) is 3.09. The minimum Gasteiger partial charge on any atom is -0.339 e. The van der Waals surface area contributed by atoms with Crippen LogP contribution in [0.4, 0.5) is 0 Å². The lowest BCUT2D eigenvalue weighted by atomic mass is 9.92. The van der Waals surface area contributed by atoms with Gasteiger partial charge in [0, 0.05) is 32.6 Å². The first kappa shape index (κ1) is 17.1. The van der Waals surface area contributed by atoms with E-state index >= 15 is 0 Å². The zero-order valence-corrected chi connectivity index (χ0v) is 15.6. The molecule has 26 heavy (non-hydrogen) atoms. The molecule has 1 aliphatic carbocycles. The van der Waals surface area contributed by atoms with Gasteiger partial charge in [-0.3, -0.25) is 9.59 Å². The first-order valence-electron chi connectivity index (χ1n) is 8.93. The van der Waals surface area contributed by atoms with Gasteiger partial charge in [0.25, 0.3) is 5.91 Å². The van der Waals surface area contributed by atoms with Crippen LogP contribution >= 0.6 is 11.3 Å². The van der Waals surface area contributed by atoms with Gasteiger partial charge >= 0.3 is 0 Å². The minimum atomic E-state index is 0.0219. The normalized spacial score (nSPS) is 20.8. The third-order valence-corrected chi connectivity index (χ3v) is 6.47. The Balaban J connectivity index is 1.38. The quantitative estimate of drug-likeness (QED) is 0.830. The van der Waals surface area contributed by atoms with Gasteiger partial charge in [-0.15, -0.1) is 0 Å². The van der Waals surface area contributed by atoms with Gasteiger partial charge in [0.1, 0.15) is 0 Å². The summed E-state index contributed by atoms with van der Waals surface area (Å²) in [5.74, 6) is 0.160. The van der Waals surface area contributed by atoms with Crippen molar-refractivity contribution < 1.29 is 9.59 Å². The van der Waals surface area contributed by atoms with Gasteiger partial charge in [-0.2, -0.15) is 21.5 Å². The standard InChI is InChI=1S/C19H22N4O2S/c1-14(24)23(12-15-3-9-26-13-15)17-10-19(17)4-7-22(8-5-19)18(25)16-2-6-20-21-11-16/h2-3,6,9,11,13,17H,4-5,7-8,10,12H2,1H3/t17-/m0/s1. The van der Waals surface area contributed by atoms with Crippen LogP contribution in [0.2, 0.25) is 0 Å². The number of rotatable bonds is 4. The second-order valence-electron chi connectivity index (χ2n) is 7.28. The average molecular weight is 370 g/mol. The maximum atomic E-state index is 12.6. The fourth-order valence-electron chi connectivity index (χ4n) is 4.08. The van der Waals surface area contributed by atoms with E-state index < -0.39 is 0 Å². The van der Waals surface area contributed by atoms with E-state index in [1.54, 1.807) is 30.5 Å². The molecule has 0 aromatic carbocycles. The number of thiophene rings is 1. The maximum absolute atomic E-state index is 12.6. The number of carbonyl (C=O) groups is 2. The number of hydrogen-bond acceptors (Lipinski definition) is 5. The summed E-state index contributed by atoms with van der Waals surface area (Å²) in [7, 11) is 0. The molecule has 4 rings (SSSR count). The predicted molar refractivity (Wildman–Crippen MR) is 98.6 cm³/mol. The number of likely N-dealkylation sites (tertiary alicyclic amines) is 1. The topological polar surface area (TPSA) is 66.4 Å². The second kappa shape index (κ2) is 6.79. The molecule has 1 aliphatic heterocycles. The highest BCUT2D eigenvalue weighted by Crippen LogP contribution is 2.57. The van der Waals surface area contributed by atoms with Crippen molar-refractivity contribution in [2.45, 2.75) is 38.8 Å². The summed E-state index contributed by atoms with van der Waals surface area (Å²) in [6, 6.07) is 4.09. The van der Waals surface area contributed by atoms with Crippen molar-refractivity contribution in [1.29, 1.82) is 0 Å². The van der Waals surface area contributed by atoms with Gasteiger partial charge in [0.2, 0.25) is 5.91 Å². The summed E-state index contributed by atoms with van der Waals surface area (Å²) in [6.07, 6.45) is 6.02. The number of amides is 2. The SMILES string of the molecule is CC(=O)N(Cc1ccsc1)[C@H]1CC12CCN(C(=O)c1ccnnc1)CC2. The summed E-state index contributed by atoms with van der Waals surface area (Å²) < 4.78 is 0. The summed E-state index contributed by atoms with van der Waals surface area (Å²) in [4.78, 5) is 28.7. The first-order chi connectivity index (χ1) is 12.6. The lowest BCUT2D eigenvalue weighted by molar-refractivity contribution is -0.130. The fraction of sp³-hybridized carbons (Fsp3) is 0.474. The van der Waals surface area contributed by atoms with E-state index in [0.29, 0.717) is 18.2 Å². The fourth-order valence-corrected chi connectivity index (χ4v) is 4.74. The number of piperidine rings is 1. The molecule has 3 heterocycles. The van der Waals surface area contributed by atoms with Crippen molar-refractivity contribution in [1.82, 2.24) is 20.0 Å². The Hall–Kier alpha value is -2.28. The number of carbonyl (C=O) groups excluding carboxylic acids is 2. The molecule has 2 amide bonds. The van der Waals surface area contributed by atoms with Gasteiger partial charge in [0.15, 0.2) is 0 Å². The Labute approximate surface area is 156 Å². The Kier molecular flexibility index (Phi) is 4.48. The molecule has 1 saturated carbocycles. The van der Waals surface area contributed by atoms with Crippen molar-refractivity contribution in [3.05, 3.63) is 46.4 Å². The Bertz CT molecular complexity index is 785. The van der Waals surface area contributed by atoms with Crippen LogP contribution in [-0.4, -0.2) is 50.9 Å². The molecule has 6 nitrogen and oxygen atoms in total. The van der Waals surface area contributed by atoms with Gasteiger partial charge < -0.3 is 9.80 Å². The highest BCUT2D eigenvalue weighted by molar-refractivity contribution is 7.07. The molecular formula is C19H22N4O2S. The van der Waals surface area contributed by atoms with Crippen LogP contribution < -0.4 is 0 Å². The molecule has 0 radical (unpaired) electrons. The van der Waals surface area contributed by atoms with Gasteiger partial charge in [0.05, 0.1) is 18.0 Å². The third kappa shape index (κ3) is 3.23. The Morgan fingerprint density at radius 1 is 1.31 bits per heavy atom. The lowest BCUT2D eigenvalue weighted by Crippen LogP contribution is -2.42. The lowest BCUT2D eigenvalue weighted by Gasteiger charge is -2.34. The zero-order valence-electron chi connectivity index (χ0n) is 14.8. The summed E-state index contributed by atoms with van der Waals surface area (Å²) in [6.45, 7) is 3.83. The van der Waals surface area contributed by atoms with Crippen LogP contribution in [0.1, 0.15) is 42.1 Å². The maximum Gasteiger partial charge on any atom is 0.255 e. The predicted octanol–water partition coefficient (Wildman–Crippen LogP) is 2.58. The van der Waals surface area contributed by atoms with Crippen molar-refractivity contribution >= 4 is 23.2 Å². The highest BCUT2D eigenvalue weighted by atomic mass is 32.1. The number of nitrogens with zero attached hydrogens (tertiary/aromatic N) is 4. The van der Waals surface area contributed by atoms with Crippen LogP contribution in [0, 0.1) is 5.41 Å². The van der Waals surface area contributed by atoms with Crippen molar-refractivity contribution in [3.63, 3.8) is 0 Å². The smallest absolute Gasteiger partial charge is 0.255 e.